The van der Waals surface area contributed by atoms with E-state index < -0.39 is 0 Å². The molecule has 5 rings (SSSR count). The van der Waals surface area contributed by atoms with E-state index in [0.717, 1.165) is 39.3 Å². The molecule has 150 valence electrons. The molecule has 4 aromatic rings. The minimum absolute atomic E-state index is 0.169. The standard InChI is InChI=1S/C25H20FNO3/c26-22-8-4-2-6-18(22)15-28-23-11-9-17-5-1-3-7-20(17)21(23)14-27-19-10-12-24-25(13-19)30-16-29-24/h1-13,27H,14-16H2. The highest BCUT2D eigenvalue weighted by atomic mass is 19.1. The van der Waals surface area contributed by atoms with Crippen LogP contribution in [0.15, 0.2) is 78.9 Å². The first-order valence-corrected chi connectivity index (χ1v) is 9.78. The van der Waals surface area contributed by atoms with Gasteiger partial charge >= 0.3 is 0 Å². The Bertz CT molecular complexity index is 1210. The van der Waals surface area contributed by atoms with Crippen molar-refractivity contribution in [1.82, 2.24) is 0 Å². The Hall–Kier alpha value is -3.73. The van der Waals surface area contributed by atoms with E-state index in [1.54, 1.807) is 12.1 Å². The highest BCUT2D eigenvalue weighted by Crippen LogP contribution is 2.35. The van der Waals surface area contributed by atoms with Gasteiger partial charge in [0.2, 0.25) is 6.79 Å². The van der Waals surface area contributed by atoms with Crippen molar-refractivity contribution >= 4 is 16.5 Å². The summed E-state index contributed by atoms with van der Waals surface area (Å²) in [6.07, 6.45) is 0. The van der Waals surface area contributed by atoms with Gasteiger partial charge in [0, 0.05) is 29.4 Å². The summed E-state index contributed by atoms with van der Waals surface area (Å²) in [4.78, 5) is 0. The first-order chi connectivity index (χ1) is 14.8. The molecule has 0 fully saturated rings. The minimum Gasteiger partial charge on any atom is -0.488 e. The van der Waals surface area contributed by atoms with Crippen molar-refractivity contribution in [2.24, 2.45) is 0 Å². The molecule has 0 aliphatic carbocycles. The average molecular weight is 401 g/mol. The van der Waals surface area contributed by atoms with Crippen molar-refractivity contribution in [3.63, 3.8) is 0 Å². The van der Waals surface area contributed by atoms with Crippen LogP contribution in [0.25, 0.3) is 10.8 Å². The van der Waals surface area contributed by atoms with Crippen molar-refractivity contribution < 1.29 is 18.6 Å². The Labute approximate surface area is 173 Å². The molecule has 30 heavy (non-hydrogen) atoms. The number of hydrogen-bond donors (Lipinski definition) is 1. The minimum atomic E-state index is -0.265. The largest absolute Gasteiger partial charge is 0.488 e. The fourth-order valence-corrected chi connectivity index (χ4v) is 3.60. The van der Waals surface area contributed by atoms with Crippen molar-refractivity contribution in [2.75, 3.05) is 12.1 Å². The third-order valence-electron chi connectivity index (χ3n) is 5.18. The molecular weight excluding hydrogens is 381 g/mol. The summed E-state index contributed by atoms with van der Waals surface area (Å²) in [6, 6.07) is 24.6. The predicted octanol–water partition coefficient (Wildman–Crippen LogP) is 5.90. The number of hydrogen-bond acceptors (Lipinski definition) is 4. The van der Waals surface area contributed by atoms with Crippen LogP contribution in [0.3, 0.4) is 0 Å². The zero-order valence-electron chi connectivity index (χ0n) is 16.2. The zero-order chi connectivity index (χ0) is 20.3. The fraction of sp³-hybridized carbons (Fsp3) is 0.120. The quantitative estimate of drug-likeness (QED) is 0.437. The average Bonchev–Trinajstić information content (AvgIpc) is 3.25. The molecule has 0 spiro atoms. The van der Waals surface area contributed by atoms with Crippen LogP contribution >= 0.6 is 0 Å². The summed E-state index contributed by atoms with van der Waals surface area (Å²) < 4.78 is 30.9. The number of ether oxygens (including phenoxy) is 3. The summed E-state index contributed by atoms with van der Waals surface area (Å²) in [6.45, 7) is 0.964. The highest BCUT2D eigenvalue weighted by Gasteiger charge is 2.14. The molecule has 1 aliphatic rings. The number of halogens is 1. The second kappa shape index (κ2) is 7.95. The van der Waals surface area contributed by atoms with E-state index in [2.05, 4.69) is 17.4 Å². The van der Waals surface area contributed by atoms with Crippen molar-refractivity contribution in [2.45, 2.75) is 13.2 Å². The smallest absolute Gasteiger partial charge is 0.231 e. The number of benzene rings is 4. The fourth-order valence-electron chi connectivity index (χ4n) is 3.60. The molecule has 0 radical (unpaired) electrons. The summed E-state index contributed by atoms with van der Waals surface area (Å²) in [5, 5.41) is 5.66. The van der Waals surface area contributed by atoms with Gasteiger partial charge in [-0.05, 0) is 35.0 Å². The van der Waals surface area contributed by atoms with Gasteiger partial charge in [-0.15, -0.1) is 0 Å². The lowest BCUT2D eigenvalue weighted by molar-refractivity contribution is 0.174. The van der Waals surface area contributed by atoms with Gasteiger partial charge in [0.05, 0.1) is 0 Å². The van der Waals surface area contributed by atoms with E-state index in [0.29, 0.717) is 12.1 Å². The molecule has 1 aliphatic heterocycles. The van der Waals surface area contributed by atoms with Gasteiger partial charge in [0.25, 0.3) is 0 Å². The molecule has 0 bridgehead atoms. The lowest BCUT2D eigenvalue weighted by atomic mass is 10.0. The topological polar surface area (TPSA) is 39.7 Å². The van der Waals surface area contributed by atoms with Crippen molar-refractivity contribution in [3.8, 4) is 17.2 Å². The monoisotopic (exact) mass is 401 g/mol. The summed E-state index contributed by atoms with van der Waals surface area (Å²) in [5.74, 6) is 1.94. The SMILES string of the molecule is Fc1ccccc1COc1ccc2ccccc2c1CNc1ccc2c(c1)OCO2. The Balaban J connectivity index is 1.43. The normalized spacial score (nSPS) is 12.2. The summed E-state index contributed by atoms with van der Waals surface area (Å²) in [5.41, 5.74) is 2.47. The first kappa shape index (κ1) is 18.3. The first-order valence-electron chi connectivity index (χ1n) is 9.78. The molecule has 0 saturated carbocycles. The van der Waals surface area contributed by atoms with E-state index in [-0.39, 0.29) is 19.2 Å². The molecule has 0 amide bonds. The molecule has 5 heteroatoms. The molecule has 0 saturated heterocycles. The lowest BCUT2D eigenvalue weighted by Crippen LogP contribution is -2.05. The van der Waals surface area contributed by atoms with Crippen LogP contribution < -0.4 is 19.5 Å². The van der Waals surface area contributed by atoms with E-state index in [1.807, 2.05) is 48.5 Å². The second-order valence-electron chi connectivity index (χ2n) is 7.07. The molecule has 4 aromatic carbocycles. The van der Waals surface area contributed by atoms with Gasteiger partial charge in [-0.1, -0.05) is 48.5 Å². The number of nitrogens with one attached hydrogen (secondary N) is 1. The van der Waals surface area contributed by atoms with E-state index >= 15 is 0 Å². The van der Waals surface area contributed by atoms with Gasteiger partial charge in [-0.3, -0.25) is 0 Å². The van der Waals surface area contributed by atoms with Crippen LogP contribution in [-0.2, 0) is 13.2 Å². The molecule has 1 N–H and O–H groups in total. The third-order valence-corrected chi connectivity index (χ3v) is 5.18. The Morgan fingerprint density at radius 1 is 0.867 bits per heavy atom. The van der Waals surface area contributed by atoms with Gasteiger partial charge in [0.15, 0.2) is 11.5 Å². The molecule has 0 aromatic heterocycles. The highest BCUT2D eigenvalue weighted by molar-refractivity contribution is 5.88. The number of rotatable bonds is 6. The van der Waals surface area contributed by atoms with Crippen LogP contribution in [-0.4, -0.2) is 6.79 Å². The van der Waals surface area contributed by atoms with Gasteiger partial charge in [0.1, 0.15) is 18.2 Å². The third kappa shape index (κ3) is 3.62. The Morgan fingerprint density at radius 3 is 2.63 bits per heavy atom. The lowest BCUT2D eigenvalue weighted by Gasteiger charge is -2.16. The van der Waals surface area contributed by atoms with Gasteiger partial charge in [-0.2, -0.15) is 0 Å². The molecule has 0 atom stereocenters. The zero-order valence-corrected chi connectivity index (χ0v) is 16.2. The van der Waals surface area contributed by atoms with Crippen LogP contribution in [0.5, 0.6) is 17.2 Å². The van der Waals surface area contributed by atoms with Crippen LogP contribution in [0.4, 0.5) is 10.1 Å². The van der Waals surface area contributed by atoms with Crippen LogP contribution in [0.1, 0.15) is 11.1 Å². The molecular formula is C25H20FNO3. The predicted molar refractivity (Wildman–Crippen MR) is 115 cm³/mol. The van der Waals surface area contributed by atoms with Crippen LogP contribution in [0, 0.1) is 5.82 Å². The Morgan fingerprint density at radius 2 is 1.70 bits per heavy atom. The van der Waals surface area contributed by atoms with Crippen molar-refractivity contribution in [3.05, 3.63) is 95.8 Å². The maximum atomic E-state index is 14.0. The Kier molecular flexibility index (Phi) is 4.85. The van der Waals surface area contributed by atoms with Gasteiger partial charge in [-0.25, -0.2) is 4.39 Å². The van der Waals surface area contributed by atoms with Crippen LogP contribution in [0.2, 0.25) is 0 Å². The molecule has 1 heterocycles. The number of fused-ring (bicyclic) bond motifs is 2. The maximum absolute atomic E-state index is 14.0. The van der Waals surface area contributed by atoms with Crippen molar-refractivity contribution in [1.29, 1.82) is 0 Å². The summed E-state index contributed by atoms with van der Waals surface area (Å²) in [7, 11) is 0. The van der Waals surface area contributed by atoms with E-state index in [9.17, 15) is 4.39 Å². The molecule has 4 nitrogen and oxygen atoms in total. The van der Waals surface area contributed by atoms with E-state index in [4.69, 9.17) is 14.2 Å². The van der Waals surface area contributed by atoms with Gasteiger partial charge < -0.3 is 19.5 Å². The second-order valence-corrected chi connectivity index (χ2v) is 7.07. The maximum Gasteiger partial charge on any atom is 0.231 e. The molecule has 0 unspecified atom stereocenters. The number of anilines is 1. The summed E-state index contributed by atoms with van der Waals surface area (Å²) >= 11 is 0. The van der Waals surface area contributed by atoms with E-state index in [1.165, 1.54) is 6.07 Å².